The van der Waals surface area contributed by atoms with Gasteiger partial charge in [-0.25, -0.2) is 0 Å². The predicted molar refractivity (Wildman–Crippen MR) is 614 cm³/mol. The Morgan fingerprint density at radius 3 is 0.755 bits per heavy atom. The van der Waals surface area contributed by atoms with Crippen molar-refractivity contribution in [2.24, 2.45) is 0 Å². The Morgan fingerprint density at radius 1 is 0.140 bits per heavy atom. The Hall–Kier alpha value is -18.0. The van der Waals surface area contributed by atoms with E-state index in [0.717, 1.165) is 152 Å². The van der Waals surface area contributed by atoms with Gasteiger partial charge in [0.25, 0.3) is 0 Å². The average Bonchev–Trinajstić information content (AvgIpc) is 0.791. The van der Waals surface area contributed by atoms with Gasteiger partial charge in [0.05, 0.1) is 16.9 Å². The second-order valence-corrected chi connectivity index (χ2v) is 31.3. The van der Waals surface area contributed by atoms with E-state index < -0.39 is 0 Å². The summed E-state index contributed by atoms with van der Waals surface area (Å²) in [4.78, 5) is 33.5. The van der Waals surface area contributed by atoms with Crippen LogP contribution in [0.3, 0.4) is 0 Å². The van der Waals surface area contributed by atoms with Crippen LogP contribution in [0.4, 0.5) is 85.3 Å². The fourth-order valence-corrected chi connectivity index (χ4v) is 16.3. The van der Waals surface area contributed by atoms with Crippen molar-refractivity contribution in [3.63, 3.8) is 0 Å². The highest BCUT2D eigenvalue weighted by Gasteiger charge is 2.20. The largest absolute Gasteiger partial charge is 0.310 e. The monoisotopic (exact) mass is 1860 g/mol. The lowest BCUT2D eigenvalue weighted by Crippen LogP contribution is -2.09. The first-order chi connectivity index (χ1) is 71.0. The average molecular weight is 1860 g/mol. The Kier molecular flexibility index (Phi) is 40.1. The third kappa shape index (κ3) is 27.9. The van der Waals surface area contributed by atoms with Gasteiger partial charge in [0.1, 0.15) is 0 Å². The van der Waals surface area contributed by atoms with Crippen LogP contribution in [0.2, 0.25) is 0 Å². The van der Waals surface area contributed by atoms with E-state index in [1.54, 1.807) is 6.20 Å². The molecule has 10 heteroatoms. The fraction of sp³-hybridized carbons (Fsp3) is 0.0752. The molecule has 0 saturated carbocycles. The van der Waals surface area contributed by atoms with Gasteiger partial charge in [0, 0.05) is 162 Å². The summed E-state index contributed by atoms with van der Waals surface area (Å²) in [6.07, 6.45) is 13.0. The van der Waals surface area contributed by atoms with E-state index in [1.165, 1.54) is 10.9 Å². The van der Waals surface area contributed by atoms with E-state index in [1.807, 2.05) is 216 Å². The molecule has 17 aromatic carbocycles. The Bertz CT molecular complexity index is 6760. The van der Waals surface area contributed by atoms with Gasteiger partial charge in [0.2, 0.25) is 0 Å². The summed E-state index contributed by atoms with van der Waals surface area (Å²) in [5.74, 6) is 0. The number of hydrogen-bond donors (Lipinski definition) is 0. The molecule has 0 bridgehead atoms. The molecular formula is C133H124N10. The topological polar surface area (TPSA) is 80.7 Å². The minimum absolute atomic E-state index is 0.977. The lowest BCUT2D eigenvalue weighted by Gasteiger charge is -2.26. The Balaban J connectivity index is 0.000000147. The lowest BCUT2D eigenvalue weighted by molar-refractivity contribution is 1.27. The summed E-state index contributed by atoms with van der Waals surface area (Å²) in [5, 5.41) is 3.51. The van der Waals surface area contributed by atoms with Crippen LogP contribution in [-0.4, -0.2) is 24.9 Å². The van der Waals surface area contributed by atoms with Gasteiger partial charge in [-0.2, -0.15) is 0 Å². The Labute approximate surface area is 846 Å². The number of nitrogens with zero attached hydrogens (tertiary/aromatic N) is 10. The lowest BCUT2D eigenvalue weighted by atomic mass is 10.0. The minimum Gasteiger partial charge on any atom is -0.310 e. The molecule has 0 aliphatic rings. The van der Waals surface area contributed by atoms with Gasteiger partial charge in [-0.1, -0.05) is 373 Å². The van der Waals surface area contributed by atoms with E-state index >= 15 is 0 Å². The van der Waals surface area contributed by atoms with Crippen LogP contribution < -0.4 is 24.5 Å². The standard InChI is InChI=1S/2C27H20N2.3C23H18N2.5C2H6/c1-3-13-23(14-4-1)29(24-15-5-2-6-16-24)25-17-7-11-22(20-25)26-18-8-10-21-12-9-19-28-27(21)26;1-3-13-24(14-4-1)29(25-15-5-2-6-16-25)26-17-9-12-22(18-26)27-19-21-10-7-8-11-23(21)20-28-27;1-3-11-21(12-4-1)25(22-13-5-2-6-14-22)23-15-7-9-19(17-23)20-10-8-16-24-18-20;1-3-11-20(12-4-1)25(21-13-5-2-6-14-21)22-15-9-10-19(18-22)23-16-7-8-17-24-23;1-3-9-21(10-4-1)25(22-11-5-2-6-12-22)23-13-7-8-20(18-23)19-14-16-24-17-15-19;5*1-2/h2*1-20H;3*1-18H;5*1-2H3. The molecule has 10 nitrogen and oxygen atoms in total. The van der Waals surface area contributed by atoms with Gasteiger partial charge in [-0.05, 0) is 252 Å². The molecule has 143 heavy (non-hydrogen) atoms. The molecule has 0 amide bonds. The number of rotatable bonds is 20. The summed E-state index contributed by atoms with van der Waals surface area (Å²) in [6.45, 7) is 20.0. The normalized spacial score (nSPS) is 10.0. The molecule has 0 atom stereocenters. The summed E-state index contributed by atoms with van der Waals surface area (Å²) in [5.41, 5.74) is 29.0. The molecule has 5 heterocycles. The summed E-state index contributed by atoms with van der Waals surface area (Å²) >= 11 is 0. The molecule has 0 fully saturated rings. The van der Waals surface area contributed by atoms with Crippen molar-refractivity contribution in [3.8, 4) is 55.9 Å². The minimum atomic E-state index is 0.977. The third-order valence-electron chi connectivity index (χ3n) is 22.5. The molecule has 22 rings (SSSR count). The van der Waals surface area contributed by atoms with E-state index in [-0.39, 0.29) is 0 Å². The van der Waals surface area contributed by atoms with Gasteiger partial charge in [-0.3, -0.25) is 24.9 Å². The van der Waals surface area contributed by atoms with E-state index in [4.69, 9.17) is 4.98 Å². The van der Waals surface area contributed by atoms with Gasteiger partial charge >= 0.3 is 0 Å². The van der Waals surface area contributed by atoms with Gasteiger partial charge < -0.3 is 24.5 Å². The molecule has 0 saturated heterocycles. The maximum absolute atomic E-state index is 4.70. The van der Waals surface area contributed by atoms with Crippen molar-refractivity contribution in [1.29, 1.82) is 0 Å². The number of aromatic nitrogens is 5. The summed E-state index contributed by atoms with van der Waals surface area (Å²) in [7, 11) is 0. The van der Waals surface area contributed by atoms with Crippen molar-refractivity contribution in [3.05, 3.63) is 571 Å². The molecule has 22 aromatic rings. The molecule has 0 aliphatic heterocycles. The third-order valence-corrected chi connectivity index (χ3v) is 22.5. The number of anilines is 15. The number of fused-ring (bicyclic) bond motifs is 2. The molecule has 0 radical (unpaired) electrons. The van der Waals surface area contributed by atoms with Crippen molar-refractivity contribution in [1.82, 2.24) is 24.9 Å². The highest BCUT2D eigenvalue weighted by Crippen LogP contribution is 2.43. The van der Waals surface area contributed by atoms with Crippen LogP contribution in [0.1, 0.15) is 69.2 Å². The Morgan fingerprint density at radius 2 is 0.406 bits per heavy atom. The molecule has 0 N–H and O–H groups in total. The first-order valence-corrected chi connectivity index (χ1v) is 49.5. The number of para-hydroxylation sites is 11. The first kappa shape index (κ1) is 102. The zero-order chi connectivity index (χ0) is 99.6. The molecule has 0 aliphatic carbocycles. The number of hydrogen-bond acceptors (Lipinski definition) is 10. The highest BCUT2D eigenvalue weighted by atomic mass is 15.2. The SMILES string of the molecule is CC.CC.CC.CC.CC.c1ccc(N(c2ccccc2)c2cccc(-c3cc4ccccc4cn3)c2)cc1.c1ccc(N(c2ccccc2)c2cccc(-c3cccc4cccnc34)c2)cc1.c1ccc(N(c2ccccc2)c2cccc(-c3ccccn3)c2)cc1.c1ccc(N(c2ccccc2)c2cccc(-c3cccnc3)c2)cc1.c1ccc(N(c2ccccc2)c2cccc(-c3ccncc3)c2)cc1. The number of pyridine rings is 5. The summed E-state index contributed by atoms with van der Waals surface area (Å²) < 4.78 is 0. The second-order valence-electron chi connectivity index (χ2n) is 31.3. The van der Waals surface area contributed by atoms with Crippen molar-refractivity contribution in [2.45, 2.75) is 69.2 Å². The van der Waals surface area contributed by atoms with Gasteiger partial charge in [0.15, 0.2) is 0 Å². The smallest absolute Gasteiger partial charge is 0.0780 e. The first-order valence-electron chi connectivity index (χ1n) is 49.5. The van der Waals surface area contributed by atoms with Crippen LogP contribution in [0.25, 0.3) is 77.6 Å². The molecule has 0 spiro atoms. The van der Waals surface area contributed by atoms with E-state index in [9.17, 15) is 0 Å². The quantitative estimate of drug-likeness (QED) is 0.0736. The number of benzene rings is 17. The van der Waals surface area contributed by atoms with E-state index in [0.29, 0.717) is 0 Å². The molecule has 0 unspecified atom stereocenters. The second kappa shape index (κ2) is 56.0. The maximum Gasteiger partial charge on any atom is 0.0780 e. The van der Waals surface area contributed by atoms with Crippen molar-refractivity contribution >= 4 is 107 Å². The van der Waals surface area contributed by atoms with Crippen LogP contribution >= 0.6 is 0 Å². The van der Waals surface area contributed by atoms with Crippen LogP contribution in [-0.2, 0) is 0 Å². The summed E-state index contributed by atoms with van der Waals surface area (Å²) in [6, 6.07) is 182. The molecular weight excluding hydrogens is 1740 g/mol. The van der Waals surface area contributed by atoms with Crippen LogP contribution in [0, 0.1) is 0 Å². The maximum atomic E-state index is 4.70. The molecule has 5 aromatic heterocycles. The predicted octanol–water partition coefficient (Wildman–Crippen LogP) is 38.5. The van der Waals surface area contributed by atoms with Crippen molar-refractivity contribution < 1.29 is 0 Å². The van der Waals surface area contributed by atoms with Crippen molar-refractivity contribution in [2.75, 3.05) is 24.5 Å². The van der Waals surface area contributed by atoms with E-state index in [2.05, 4.69) is 463 Å². The van der Waals surface area contributed by atoms with Crippen LogP contribution in [0.15, 0.2) is 571 Å². The van der Waals surface area contributed by atoms with Crippen LogP contribution in [0.5, 0.6) is 0 Å². The van der Waals surface area contributed by atoms with Gasteiger partial charge in [-0.15, -0.1) is 0 Å². The highest BCUT2D eigenvalue weighted by molar-refractivity contribution is 5.95. The fourth-order valence-electron chi connectivity index (χ4n) is 16.3. The zero-order valence-electron chi connectivity index (χ0n) is 83.2. The molecule has 706 valence electrons. The zero-order valence-corrected chi connectivity index (χ0v) is 83.2.